The van der Waals surface area contributed by atoms with Crippen molar-refractivity contribution in [3.05, 3.63) is 83.3 Å². The lowest BCUT2D eigenvalue weighted by molar-refractivity contribution is 0.0484. The van der Waals surface area contributed by atoms with E-state index in [0.717, 1.165) is 79.6 Å². The minimum absolute atomic E-state index is 0. The molecule has 12 heteroatoms. The van der Waals surface area contributed by atoms with Gasteiger partial charge in [-0.1, -0.05) is 57.9 Å². The van der Waals surface area contributed by atoms with Crippen molar-refractivity contribution in [3.8, 4) is 17.1 Å². The molecular formula is C43H59N7O4S. The summed E-state index contributed by atoms with van der Waals surface area (Å²) >= 11 is 0. The van der Waals surface area contributed by atoms with E-state index in [2.05, 4.69) is 57.3 Å². The average molecular weight is 770 g/mol. The number of carbonyl (C=O) groups is 1. The first-order chi connectivity index (χ1) is 26.4. The Hall–Kier alpha value is -4.58. The number of hydrogen-bond acceptors (Lipinski definition) is 9. The SMILES string of the molecule is CCC1C(CCC(C)C)CCCC(Cc2cncc(N(C)C3CCC3)n2)N1C(=O)c1cccc(S(=O)(=O)Nc2nc(OC)cc(-c3c(C)cccc3C)n2)c1.[HH]. The normalized spacial score (nSPS) is 19.1. The van der Waals surface area contributed by atoms with Crippen LogP contribution in [0.15, 0.2) is 65.8 Å². The highest BCUT2D eigenvalue weighted by atomic mass is 32.2. The summed E-state index contributed by atoms with van der Waals surface area (Å²) in [7, 11) is -0.634. The quantitative estimate of drug-likeness (QED) is 0.134. The van der Waals surface area contributed by atoms with Crippen LogP contribution in [-0.2, 0) is 16.4 Å². The van der Waals surface area contributed by atoms with Crippen LogP contribution in [0.4, 0.5) is 11.8 Å². The van der Waals surface area contributed by atoms with Crippen molar-refractivity contribution >= 4 is 27.7 Å². The van der Waals surface area contributed by atoms with Gasteiger partial charge in [-0.15, -0.1) is 0 Å². The van der Waals surface area contributed by atoms with Crippen LogP contribution in [0.3, 0.4) is 0 Å². The van der Waals surface area contributed by atoms with Gasteiger partial charge in [-0.05, 0) is 100.0 Å². The lowest BCUT2D eigenvalue weighted by Gasteiger charge is -2.40. The van der Waals surface area contributed by atoms with Gasteiger partial charge in [0.25, 0.3) is 15.9 Å². The molecule has 2 aromatic carbocycles. The predicted molar refractivity (Wildman–Crippen MR) is 220 cm³/mol. The molecule has 55 heavy (non-hydrogen) atoms. The summed E-state index contributed by atoms with van der Waals surface area (Å²) in [5, 5.41) is 0. The fraction of sp³-hybridized carbons (Fsp3) is 0.512. The third kappa shape index (κ3) is 9.28. The van der Waals surface area contributed by atoms with E-state index in [4.69, 9.17) is 9.72 Å². The zero-order chi connectivity index (χ0) is 39.3. The Morgan fingerprint density at radius 1 is 1.00 bits per heavy atom. The maximum atomic E-state index is 14.9. The standard InChI is InChI=1S/C43H57N7O4S.H2/c1-8-38-31(22-21-28(2)3)15-10-19-35(24-33-26-44-27-39(45-33)49(6)34-17-12-18-34)50(38)42(51)32-16-11-20-36(23-32)55(52,53)48-43-46-37(25-40(47-43)54-7)41-29(4)13-9-14-30(41)5;/h9,11,13-14,16,20,23,25-28,31,34-35,38H,8,10,12,15,17-19,21-22,24H2,1-7H3,(H,46,47,48);1H. The van der Waals surface area contributed by atoms with Crippen LogP contribution in [0.5, 0.6) is 5.88 Å². The van der Waals surface area contributed by atoms with Crippen LogP contribution in [0.2, 0.25) is 0 Å². The number of sulfonamides is 1. The summed E-state index contributed by atoms with van der Waals surface area (Å²) in [5.74, 6) is 1.70. The molecule has 2 aromatic heterocycles. The minimum atomic E-state index is -4.20. The zero-order valence-corrected chi connectivity index (χ0v) is 34.3. The number of aromatic nitrogens is 4. The Labute approximate surface area is 328 Å². The molecule has 6 rings (SSSR count). The smallest absolute Gasteiger partial charge is 0.264 e. The number of amides is 1. The number of rotatable bonds is 14. The third-order valence-electron chi connectivity index (χ3n) is 11.5. The van der Waals surface area contributed by atoms with Gasteiger partial charge in [0.15, 0.2) is 0 Å². The van der Waals surface area contributed by atoms with E-state index in [1.54, 1.807) is 18.2 Å². The number of anilines is 2. The van der Waals surface area contributed by atoms with Crippen LogP contribution < -0.4 is 14.4 Å². The Balaban J connectivity index is 0.00000600. The highest BCUT2D eigenvalue weighted by Gasteiger charge is 2.38. The number of carbonyl (C=O) groups excluding carboxylic acids is 1. The molecule has 2 fully saturated rings. The van der Waals surface area contributed by atoms with Gasteiger partial charge in [0.05, 0.1) is 29.6 Å². The molecule has 3 atom stereocenters. The molecule has 0 radical (unpaired) electrons. The third-order valence-corrected chi connectivity index (χ3v) is 12.9. The molecule has 0 spiro atoms. The summed E-state index contributed by atoms with van der Waals surface area (Å²) in [6.45, 7) is 10.6. The van der Waals surface area contributed by atoms with E-state index in [1.165, 1.54) is 25.7 Å². The molecule has 0 bridgehead atoms. The van der Waals surface area contributed by atoms with Crippen molar-refractivity contribution in [2.24, 2.45) is 11.8 Å². The van der Waals surface area contributed by atoms with Crippen molar-refractivity contribution in [2.75, 3.05) is 23.8 Å². The summed E-state index contributed by atoms with van der Waals surface area (Å²) in [4.78, 5) is 37.7. The first-order valence-corrected chi connectivity index (χ1v) is 21.4. The molecule has 11 nitrogen and oxygen atoms in total. The monoisotopic (exact) mass is 769 g/mol. The lowest BCUT2D eigenvalue weighted by atomic mass is 9.86. The van der Waals surface area contributed by atoms with Crippen molar-refractivity contribution < 1.29 is 19.4 Å². The number of benzene rings is 2. The number of ether oxygens (including phenoxy) is 1. The minimum Gasteiger partial charge on any atom is -0.481 e. The largest absolute Gasteiger partial charge is 0.481 e. The van der Waals surface area contributed by atoms with Gasteiger partial charge < -0.3 is 14.5 Å². The first kappa shape index (κ1) is 40.1. The Kier molecular flexibility index (Phi) is 12.7. The molecule has 1 saturated carbocycles. The van der Waals surface area contributed by atoms with Gasteiger partial charge >= 0.3 is 0 Å². The van der Waals surface area contributed by atoms with Crippen LogP contribution >= 0.6 is 0 Å². The van der Waals surface area contributed by atoms with Crippen LogP contribution in [-0.4, -0.2) is 71.4 Å². The number of hydrogen-bond donors (Lipinski definition) is 1. The molecule has 1 aliphatic heterocycles. The molecular weight excluding hydrogens is 711 g/mol. The first-order valence-electron chi connectivity index (χ1n) is 19.9. The van der Waals surface area contributed by atoms with Crippen molar-refractivity contribution in [3.63, 3.8) is 0 Å². The second-order valence-corrected chi connectivity index (χ2v) is 17.5. The topological polar surface area (TPSA) is 131 Å². The second kappa shape index (κ2) is 17.5. The average Bonchev–Trinajstić information content (AvgIpc) is 3.31. The van der Waals surface area contributed by atoms with E-state index >= 15 is 0 Å². The highest BCUT2D eigenvalue weighted by molar-refractivity contribution is 7.92. The maximum Gasteiger partial charge on any atom is 0.264 e. The number of aryl methyl sites for hydroxylation is 2. The van der Waals surface area contributed by atoms with Crippen molar-refractivity contribution in [1.29, 1.82) is 0 Å². The molecule has 1 saturated heterocycles. The summed E-state index contributed by atoms with van der Waals surface area (Å²) < 4.78 is 36.0. The van der Waals surface area contributed by atoms with Gasteiger partial charge in [0, 0.05) is 56.4 Å². The molecule has 296 valence electrons. The van der Waals surface area contributed by atoms with Gasteiger partial charge in [-0.2, -0.15) is 4.98 Å². The number of methoxy groups -OCH3 is 1. The second-order valence-electron chi connectivity index (χ2n) is 15.8. The summed E-state index contributed by atoms with van der Waals surface area (Å²) in [6.07, 6.45) is 13.6. The fourth-order valence-electron chi connectivity index (χ4n) is 8.29. The Morgan fingerprint density at radius 2 is 1.73 bits per heavy atom. The maximum absolute atomic E-state index is 14.9. The van der Waals surface area contributed by atoms with Crippen LogP contribution in [0.25, 0.3) is 11.3 Å². The van der Waals surface area contributed by atoms with Gasteiger partial charge in [0.1, 0.15) is 5.82 Å². The van der Waals surface area contributed by atoms with Gasteiger partial charge in [-0.3, -0.25) is 9.78 Å². The van der Waals surface area contributed by atoms with E-state index in [1.807, 2.05) is 44.4 Å². The Morgan fingerprint density at radius 3 is 2.40 bits per heavy atom. The molecule has 1 amide bonds. The number of likely N-dealkylation sites (tertiary alicyclic amines) is 1. The molecule has 3 heterocycles. The molecule has 1 N–H and O–H groups in total. The van der Waals surface area contributed by atoms with E-state index < -0.39 is 10.0 Å². The van der Waals surface area contributed by atoms with Crippen molar-refractivity contribution in [1.82, 2.24) is 24.8 Å². The zero-order valence-electron chi connectivity index (χ0n) is 33.5. The molecule has 2 aliphatic rings. The van der Waals surface area contributed by atoms with E-state index in [-0.39, 0.29) is 36.1 Å². The molecule has 3 unspecified atom stereocenters. The van der Waals surface area contributed by atoms with E-state index in [0.29, 0.717) is 35.6 Å². The van der Waals surface area contributed by atoms with Crippen LogP contribution in [0, 0.1) is 25.7 Å². The van der Waals surface area contributed by atoms with Crippen molar-refractivity contribution in [2.45, 2.75) is 122 Å². The van der Waals surface area contributed by atoms with E-state index in [9.17, 15) is 13.2 Å². The lowest BCUT2D eigenvalue weighted by Crippen LogP contribution is -2.49. The molecule has 4 aromatic rings. The fourth-order valence-corrected chi connectivity index (χ4v) is 9.28. The predicted octanol–water partition coefficient (Wildman–Crippen LogP) is 8.66. The number of nitrogens with one attached hydrogen (secondary N) is 1. The summed E-state index contributed by atoms with van der Waals surface area (Å²) in [5.41, 5.74) is 4.59. The van der Waals surface area contributed by atoms with Gasteiger partial charge in [-0.25, -0.2) is 23.1 Å². The Bertz CT molecular complexity index is 2060. The summed E-state index contributed by atoms with van der Waals surface area (Å²) in [6, 6.07) is 14.3. The number of nitrogens with zero attached hydrogens (tertiary/aromatic N) is 6. The van der Waals surface area contributed by atoms with Crippen LogP contribution in [0.1, 0.15) is 107 Å². The molecule has 1 aliphatic carbocycles. The van der Waals surface area contributed by atoms with Gasteiger partial charge in [0.2, 0.25) is 11.8 Å². The highest BCUT2D eigenvalue weighted by Crippen LogP contribution is 2.36.